The highest BCUT2D eigenvalue weighted by atomic mass is 32.1. The van der Waals surface area contributed by atoms with Crippen LogP contribution in [-0.4, -0.2) is 17.3 Å². The summed E-state index contributed by atoms with van der Waals surface area (Å²) in [6, 6.07) is 12.7. The highest BCUT2D eigenvalue weighted by molar-refractivity contribution is 7.12. The predicted octanol–water partition coefficient (Wildman–Crippen LogP) is 5.76. The maximum Gasteiger partial charge on any atom is 0.223 e. The van der Waals surface area contributed by atoms with Crippen molar-refractivity contribution in [3.05, 3.63) is 68.0 Å². The van der Waals surface area contributed by atoms with Crippen molar-refractivity contribution in [3.8, 4) is 11.5 Å². The lowest BCUT2D eigenvalue weighted by Crippen LogP contribution is -2.33. The molecule has 0 N–H and O–H groups in total. The SMILES string of the molecule is CCOc1cccc2c1O[C@@H](c1sccc1C)N1N=C(c3cccs3)C[C@H]21. The number of hydrogen-bond donors (Lipinski definition) is 0. The van der Waals surface area contributed by atoms with Gasteiger partial charge in [0.1, 0.15) is 0 Å². The van der Waals surface area contributed by atoms with E-state index in [1.54, 1.807) is 22.7 Å². The van der Waals surface area contributed by atoms with Gasteiger partial charge < -0.3 is 9.47 Å². The van der Waals surface area contributed by atoms with Gasteiger partial charge in [-0.15, -0.1) is 22.7 Å². The number of hydrazone groups is 1. The van der Waals surface area contributed by atoms with Crippen molar-refractivity contribution >= 4 is 28.4 Å². The Morgan fingerprint density at radius 2 is 2.11 bits per heavy atom. The van der Waals surface area contributed by atoms with E-state index in [2.05, 4.69) is 47.0 Å². The van der Waals surface area contributed by atoms with Gasteiger partial charge in [-0.3, -0.25) is 0 Å². The van der Waals surface area contributed by atoms with Gasteiger partial charge in [-0.25, -0.2) is 5.01 Å². The van der Waals surface area contributed by atoms with E-state index in [9.17, 15) is 0 Å². The molecule has 0 unspecified atom stereocenters. The fourth-order valence-electron chi connectivity index (χ4n) is 3.75. The van der Waals surface area contributed by atoms with Crippen LogP contribution in [0.15, 0.2) is 52.3 Å². The molecule has 6 heteroatoms. The van der Waals surface area contributed by atoms with Gasteiger partial charge in [0.2, 0.25) is 6.23 Å². The Bertz CT molecular complexity index is 994. The molecule has 0 aliphatic carbocycles. The van der Waals surface area contributed by atoms with Gasteiger partial charge in [-0.1, -0.05) is 18.2 Å². The largest absolute Gasteiger partial charge is 0.490 e. The Balaban J connectivity index is 1.63. The van der Waals surface area contributed by atoms with Gasteiger partial charge in [-0.2, -0.15) is 5.10 Å². The molecule has 0 fully saturated rings. The molecule has 4 heterocycles. The zero-order chi connectivity index (χ0) is 18.4. The summed E-state index contributed by atoms with van der Waals surface area (Å²) in [5.41, 5.74) is 3.52. The van der Waals surface area contributed by atoms with Crippen LogP contribution >= 0.6 is 22.7 Å². The number of benzene rings is 1. The van der Waals surface area contributed by atoms with Crippen LogP contribution in [0.5, 0.6) is 11.5 Å². The Hall–Kier alpha value is -2.31. The van der Waals surface area contributed by atoms with Crippen molar-refractivity contribution < 1.29 is 9.47 Å². The lowest BCUT2D eigenvalue weighted by Gasteiger charge is -2.38. The number of thiophene rings is 2. The minimum absolute atomic E-state index is 0.165. The second-order valence-electron chi connectivity index (χ2n) is 6.67. The van der Waals surface area contributed by atoms with Crippen LogP contribution in [0, 0.1) is 6.92 Å². The van der Waals surface area contributed by atoms with E-state index in [1.807, 2.05) is 19.1 Å². The Morgan fingerprint density at radius 3 is 2.85 bits per heavy atom. The third-order valence-corrected chi connectivity index (χ3v) is 6.98. The zero-order valence-electron chi connectivity index (χ0n) is 15.2. The molecule has 4 nitrogen and oxygen atoms in total. The minimum atomic E-state index is -0.221. The first-order chi connectivity index (χ1) is 13.3. The van der Waals surface area contributed by atoms with Gasteiger partial charge in [0.05, 0.1) is 28.1 Å². The minimum Gasteiger partial charge on any atom is -0.490 e. The van der Waals surface area contributed by atoms with Gasteiger partial charge in [0.15, 0.2) is 11.5 Å². The molecule has 0 radical (unpaired) electrons. The molecule has 3 aromatic rings. The predicted molar refractivity (Wildman–Crippen MR) is 110 cm³/mol. The van der Waals surface area contributed by atoms with Crippen molar-refractivity contribution in [2.24, 2.45) is 5.10 Å². The van der Waals surface area contributed by atoms with Crippen LogP contribution in [0.2, 0.25) is 0 Å². The van der Waals surface area contributed by atoms with Crippen LogP contribution in [-0.2, 0) is 0 Å². The third kappa shape index (κ3) is 2.75. The van der Waals surface area contributed by atoms with E-state index in [0.717, 1.165) is 29.2 Å². The number of aryl methyl sites for hydroxylation is 1. The zero-order valence-corrected chi connectivity index (χ0v) is 16.8. The second kappa shape index (κ2) is 6.69. The molecule has 0 spiro atoms. The number of nitrogens with zero attached hydrogens (tertiary/aromatic N) is 2. The number of rotatable bonds is 4. The molecule has 138 valence electrons. The van der Waals surface area contributed by atoms with Crippen molar-refractivity contribution in [2.75, 3.05) is 6.61 Å². The van der Waals surface area contributed by atoms with Crippen LogP contribution in [0.25, 0.3) is 0 Å². The maximum absolute atomic E-state index is 6.53. The first kappa shape index (κ1) is 16.8. The van der Waals surface area contributed by atoms with E-state index in [4.69, 9.17) is 14.6 Å². The lowest BCUT2D eigenvalue weighted by molar-refractivity contribution is -0.0191. The van der Waals surface area contributed by atoms with Crippen LogP contribution in [0.1, 0.15) is 46.5 Å². The normalized spacial score (nSPS) is 20.7. The van der Waals surface area contributed by atoms with E-state index < -0.39 is 0 Å². The first-order valence-corrected chi connectivity index (χ1v) is 10.9. The summed E-state index contributed by atoms with van der Waals surface area (Å²) in [6.45, 7) is 4.75. The summed E-state index contributed by atoms with van der Waals surface area (Å²) in [5, 5.41) is 11.4. The smallest absolute Gasteiger partial charge is 0.223 e. The Labute approximate surface area is 166 Å². The molecule has 2 aliphatic heterocycles. The van der Waals surface area contributed by atoms with Crippen LogP contribution in [0.3, 0.4) is 0 Å². The summed E-state index contributed by atoms with van der Waals surface area (Å²) in [5.74, 6) is 1.68. The number of para-hydroxylation sites is 1. The molecule has 2 aliphatic rings. The van der Waals surface area contributed by atoms with Gasteiger partial charge in [-0.05, 0) is 48.4 Å². The van der Waals surface area contributed by atoms with Crippen molar-refractivity contribution in [2.45, 2.75) is 32.5 Å². The number of hydrogen-bond acceptors (Lipinski definition) is 6. The summed E-state index contributed by atoms with van der Waals surface area (Å²) in [4.78, 5) is 2.43. The molecule has 27 heavy (non-hydrogen) atoms. The number of fused-ring (bicyclic) bond motifs is 3. The second-order valence-corrected chi connectivity index (χ2v) is 8.56. The highest BCUT2D eigenvalue weighted by Gasteiger charge is 2.43. The standard InChI is InChI=1S/C21H20N2O2S2/c1-3-24-17-7-4-6-14-16-12-15(18-8-5-10-26-18)22-23(16)21(25-19(14)17)20-13(2)9-11-27-20/h4-11,16,21H,3,12H2,1-2H3/t16-,21+/m1/s1. The third-order valence-electron chi connectivity index (χ3n) is 5.01. The molecular weight excluding hydrogens is 376 g/mol. The van der Waals surface area contributed by atoms with E-state index in [1.165, 1.54) is 15.3 Å². The topological polar surface area (TPSA) is 34.1 Å². The molecule has 0 bridgehead atoms. The summed E-state index contributed by atoms with van der Waals surface area (Å²) < 4.78 is 12.4. The Morgan fingerprint density at radius 1 is 1.19 bits per heavy atom. The van der Waals surface area contributed by atoms with E-state index >= 15 is 0 Å². The van der Waals surface area contributed by atoms with Gasteiger partial charge >= 0.3 is 0 Å². The maximum atomic E-state index is 6.53. The fourth-order valence-corrected chi connectivity index (χ4v) is 5.42. The average molecular weight is 397 g/mol. The van der Waals surface area contributed by atoms with Crippen molar-refractivity contribution in [1.82, 2.24) is 5.01 Å². The molecule has 2 atom stereocenters. The molecule has 5 rings (SSSR count). The van der Waals surface area contributed by atoms with Gasteiger partial charge in [0, 0.05) is 12.0 Å². The number of ether oxygens (including phenoxy) is 2. The monoisotopic (exact) mass is 396 g/mol. The van der Waals surface area contributed by atoms with Gasteiger partial charge in [0.25, 0.3) is 0 Å². The Kier molecular flexibility index (Phi) is 4.17. The van der Waals surface area contributed by atoms with E-state index in [-0.39, 0.29) is 12.3 Å². The first-order valence-electron chi connectivity index (χ1n) is 9.12. The summed E-state index contributed by atoms with van der Waals surface area (Å²) in [6.07, 6.45) is 0.662. The molecule has 0 amide bonds. The molecule has 0 saturated carbocycles. The van der Waals surface area contributed by atoms with Crippen LogP contribution < -0.4 is 9.47 Å². The fraction of sp³-hybridized carbons (Fsp3) is 0.286. The quantitative estimate of drug-likeness (QED) is 0.562. The van der Waals surface area contributed by atoms with E-state index in [0.29, 0.717) is 6.61 Å². The lowest BCUT2D eigenvalue weighted by atomic mass is 9.98. The van der Waals surface area contributed by atoms with Crippen molar-refractivity contribution in [1.29, 1.82) is 0 Å². The van der Waals surface area contributed by atoms with Crippen molar-refractivity contribution in [3.63, 3.8) is 0 Å². The molecule has 0 saturated heterocycles. The summed E-state index contributed by atoms with van der Waals surface area (Å²) >= 11 is 3.46. The van der Waals surface area contributed by atoms with Crippen LogP contribution in [0.4, 0.5) is 0 Å². The molecule has 1 aromatic carbocycles. The highest BCUT2D eigenvalue weighted by Crippen LogP contribution is 2.51. The average Bonchev–Trinajstić information content (AvgIpc) is 3.42. The summed E-state index contributed by atoms with van der Waals surface area (Å²) in [7, 11) is 0. The molecular formula is C21H20N2O2S2. The molecule has 2 aromatic heterocycles.